The SMILES string of the molecule is O=C1NC(=O)C(C=Nc2ccc([N+](=O)[O-])cc2O)C(=O)N1. The number of rotatable bonds is 3. The summed E-state index contributed by atoms with van der Waals surface area (Å²) < 4.78 is 0. The number of carbonyl (C=O) groups is 3. The molecule has 0 saturated carbocycles. The summed E-state index contributed by atoms with van der Waals surface area (Å²) in [4.78, 5) is 47.2. The first kappa shape index (κ1) is 14.1. The highest BCUT2D eigenvalue weighted by molar-refractivity contribution is 6.23. The molecule has 3 N–H and O–H groups in total. The summed E-state index contributed by atoms with van der Waals surface area (Å²) in [6.45, 7) is 0. The quantitative estimate of drug-likeness (QED) is 0.308. The number of urea groups is 1. The standard InChI is InChI=1S/C11H8N4O6/c16-8-3-5(15(20)21)1-2-7(8)12-4-6-9(17)13-11(19)14-10(6)18/h1-4,6,16H,(H2,13,14,17,18,19). The van der Waals surface area contributed by atoms with E-state index < -0.39 is 34.4 Å². The minimum absolute atomic E-state index is 0.0573. The topological polar surface area (TPSA) is 151 Å². The normalized spacial score (nSPS) is 15.9. The molecule has 0 aromatic heterocycles. The number of barbiturate groups is 1. The van der Waals surface area contributed by atoms with Crippen molar-refractivity contribution in [3.05, 3.63) is 28.3 Å². The Balaban J connectivity index is 2.21. The number of imide groups is 2. The van der Waals surface area contributed by atoms with Crippen molar-refractivity contribution < 1.29 is 24.4 Å². The minimum atomic E-state index is -1.34. The molecule has 0 radical (unpaired) electrons. The molecular formula is C11H8N4O6. The molecule has 1 heterocycles. The molecule has 1 aliphatic rings. The van der Waals surface area contributed by atoms with Gasteiger partial charge in [-0.25, -0.2) is 4.79 Å². The van der Waals surface area contributed by atoms with Crippen molar-refractivity contribution in [1.29, 1.82) is 0 Å². The molecule has 21 heavy (non-hydrogen) atoms. The second-order valence-corrected chi connectivity index (χ2v) is 3.99. The number of nitro groups is 1. The number of nitro benzene ring substituents is 1. The zero-order chi connectivity index (χ0) is 15.6. The van der Waals surface area contributed by atoms with Crippen LogP contribution in [0.1, 0.15) is 0 Å². The number of hydrogen-bond donors (Lipinski definition) is 3. The smallest absolute Gasteiger partial charge is 0.328 e. The molecule has 0 unspecified atom stereocenters. The molecule has 0 aliphatic carbocycles. The summed E-state index contributed by atoms with van der Waals surface area (Å²) in [5, 5.41) is 23.8. The van der Waals surface area contributed by atoms with Gasteiger partial charge in [-0.05, 0) is 6.07 Å². The zero-order valence-corrected chi connectivity index (χ0v) is 10.3. The summed E-state index contributed by atoms with van der Waals surface area (Å²) in [6.07, 6.45) is 0.929. The summed E-state index contributed by atoms with van der Waals surface area (Å²) >= 11 is 0. The Hall–Kier alpha value is -3.30. The van der Waals surface area contributed by atoms with E-state index in [9.17, 15) is 29.6 Å². The van der Waals surface area contributed by atoms with Crippen LogP contribution in [0.4, 0.5) is 16.2 Å². The third-order valence-corrected chi connectivity index (χ3v) is 2.57. The monoisotopic (exact) mass is 292 g/mol. The largest absolute Gasteiger partial charge is 0.505 e. The second-order valence-electron chi connectivity index (χ2n) is 3.99. The first-order valence-corrected chi connectivity index (χ1v) is 5.56. The predicted molar refractivity (Wildman–Crippen MR) is 68.1 cm³/mol. The molecule has 0 spiro atoms. The molecule has 4 amide bonds. The first-order chi connectivity index (χ1) is 9.88. The fourth-order valence-corrected chi connectivity index (χ4v) is 1.55. The Bertz CT molecular complexity index is 663. The van der Waals surface area contributed by atoms with Crippen molar-refractivity contribution >= 4 is 35.4 Å². The van der Waals surface area contributed by atoms with Crippen LogP contribution < -0.4 is 10.6 Å². The van der Waals surface area contributed by atoms with Crippen molar-refractivity contribution in [2.75, 3.05) is 0 Å². The molecule has 10 heteroatoms. The minimum Gasteiger partial charge on any atom is -0.505 e. The van der Waals surface area contributed by atoms with E-state index in [2.05, 4.69) is 4.99 Å². The van der Waals surface area contributed by atoms with E-state index in [1.165, 1.54) is 0 Å². The van der Waals surface area contributed by atoms with Gasteiger partial charge in [-0.1, -0.05) is 0 Å². The van der Waals surface area contributed by atoms with Crippen LogP contribution in [0.25, 0.3) is 0 Å². The van der Waals surface area contributed by atoms with E-state index >= 15 is 0 Å². The maximum Gasteiger partial charge on any atom is 0.328 e. The van der Waals surface area contributed by atoms with Gasteiger partial charge in [-0.2, -0.15) is 0 Å². The van der Waals surface area contributed by atoms with Gasteiger partial charge in [-0.3, -0.25) is 35.3 Å². The number of non-ortho nitro benzene ring substituents is 1. The zero-order valence-electron chi connectivity index (χ0n) is 10.3. The Labute approximate surface area is 116 Å². The highest BCUT2D eigenvalue weighted by atomic mass is 16.6. The average Bonchev–Trinajstić information content (AvgIpc) is 2.38. The number of phenols is 1. The molecule has 108 valence electrons. The van der Waals surface area contributed by atoms with Crippen LogP contribution in [-0.2, 0) is 9.59 Å². The lowest BCUT2D eigenvalue weighted by Gasteiger charge is -2.16. The lowest BCUT2D eigenvalue weighted by atomic mass is 10.1. The number of benzene rings is 1. The van der Waals surface area contributed by atoms with E-state index in [1.54, 1.807) is 0 Å². The maximum atomic E-state index is 11.4. The van der Waals surface area contributed by atoms with E-state index in [-0.39, 0.29) is 11.4 Å². The number of carbonyl (C=O) groups excluding carboxylic acids is 3. The van der Waals surface area contributed by atoms with Crippen LogP contribution in [0.3, 0.4) is 0 Å². The van der Waals surface area contributed by atoms with Gasteiger partial charge in [0.05, 0.1) is 11.0 Å². The first-order valence-electron chi connectivity index (χ1n) is 5.56. The summed E-state index contributed by atoms with van der Waals surface area (Å²) in [6, 6.07) is 2.23. The van der Waals surface area contributed by atoms with Gasteiger partial charge >= 0.3 is 6.03 Å². The number of nitrogens with one attached hydrogen (secondary N) is 2. The average molecular weight is 292 g/mol. The van der Waals surface area contributed by atoms with Crippen LogP contribution in [-0.4, -0.2) is 34.1 Å². The summed E-state index contributed by atoms with van der Waals surface area (Å²) in [5.74, 6) is -3.52. The van der Waals surface area contributed by atoms with Crippen LogP contribution in [0, 0.1) is 16.0 Å². The Morgan fingerprint density at radius 2 is 1.86 bits per heavy atom. The fourth-order valence-electron chi connectivity index (χ4n) is 1.55. The van der Waals surface area contributed by atoms with Gasteiger partial charge in [0.2, 0.25) is 11.8 Å². The van der Waals surface area contributed by atoms with Crippen LogP contribution >= 0.6 is 0 Å². The number of phenolic OH excluding ortho intramolecular Hbond substituents is 1. The Morgan fingerprint density at radius 1 is 1.24 bits per heavy atom. The molecule has 0 atom stereocenters. The van der Waals surface area contributed by atoms with E-state index in [0.717, 1.165) is 24.4 Å². The fraction of sp³-hybridized carbons (Fsp3) is 0.0909. The highest BCUT2D eigenvalue weighted by Crippen LogP contribution is 2.30. The summed E-state index contributed by atoms with van der Waals surface area (Å²) in [5.41, 5.74) is -0.386. The van der Waals surface area contributed by atoms with Crippen molar-refractivity contribution in [3.63, 3.8) is 0 Å². The number of hydrogen-bond acceptors (Lipinski definition) is 7. The molecule has 2 rings (SSSR count). The van der Waals surface area contributed by atoms with E-state index in [4.69, 9.17) is 0 Å². The Morgan fingerprint density at radius 3 is 2.38 bits per heavy atom. The summed E-state index contributed by atoms with van der Waals surface area (Å²) in [7, 11) is 0. The van der Waals surface area contributed by atoms with Crippen molar-refractivity contribution in [2.24, 2.45) is 10.9 Å². The number of nitrogens with zero attached hydrogens (tertiary/aromatic N) is 2. The lowest BCUT2D eigenvalue weighted by molar-refractivity contribution is -0.384. The van der Waals surface area contributed by atoms with Crippen molar-refractivity contribution in [2.45, 2.75) is 0 Å². The number of amides is 4. The van der Waals surface area contributed by atoms with Gasteiger partial charge in [0, 0.05) is 12.3 Å². The molecule has 1 fully saturated rings. The highest BCUT2D eigenvalue weighted by Gasteiger charge is 2.32. The van der Waals surface area contributed by atoms with Gasteiger partial charge in [0.1, 0.15) is 11.4 Å². The molecule has 10 nitrogen and oxygen atoms in total. The number of aromatic hydroxyl groups is 1. The number of aliphatic imine (C=N–C) groups is 1. The van der Waals surface area contributed by atoms with E-state index in [1.807, 2.05) is 10.6 Å². The lowest BCUT2D eigenvalue weighted by Crippen LogP contribution is -2.56. The van der Waals surface area contributed by atoms with Gasteiger partial charge in [0.25, 0.3) is 5.69 Å². The van der Waals surface area contributed by atoms with Crippen LogP contribution in [0.15, 0.2) is 23.2 Å². The van der Waals surface area contributed by atoms with Crippen LogP contribution in [0.2, 0.25) is 0 Å². The van der Waals surface area contributed by atoms with Gasteiger partial charge in [-0.15, -0.1) is 0 Å². The third-order valence-electron chi connectivity index (χ3n) is 2.57. The third kappa shape index (κ3) is 3.00. The van der Waals surface area contributed by atoms with Crippen LogP contribution in [0.5, 0.6) is 5.75 Å². The van der Waals surface area contributed by atoms with Gasteiger partial charge in [0.15, 0.2) is 5.92 Å². The molecule has 0 bridgehead atoms. The van der Waals surface area contributed by atoms with E-state index in [0.29, 0.717) is 0 Å². The molecule has 1 aromatic rings. The van der Waals surface area contributed by atoms with Gasteiger partial charge < -0.3 is 5.11 Å². The molecular weight excluding hydrogens is 284 g/mol. The second kappa shape index (κ2) is 5.36. The Kier molecular flexibility index (Phi) is 3.61. The predicted octanol–water partition coefficient (Wildman–Crippen LogP) is -0.0151. The maximum absolute atomic E-state index is 11.4. The molecule has 1 aromatic carbocycles. The molecule has 1 aliphatic heterocycles. The van der Waals surface area contributed by atoms with Crippen molar-refractivity contribution in [3.8, 4) is 5.75 Å². The van der Waals surface area contributed by atoms with Crippen molar-refractivity contribution in [1.82, 2.24) is 10.6 Å². The molecule has 1 saturated heterocycles.